The predicted molar refractivity (Wildman–Crippen MR) is 92.4 cm³/mol. The highest BCUT2D eigenvalue weighted by Gasteiger charge is 2.21. The highest BCUT2D eigenvalue weighted by Crippen LogP contribution is 2.37. The minimum Gasteiger partial charge on any atom is -0.323 e. The minimum atomic E-state index is 0.847. The Morgan fingerprint density at radius 3 is 1.90 bits per heavy atom. The molecule has 0 spiro atoms. The maximum absolute atomic E-state index is 2.75. The Bertz CT molecular complexity index is 286. The monoisotopic (exact) mass is 277 g/mol. The van der Waals surface area contributed by atoms with Crippen LogP contribution in [0.5, 0.6) is 0 Å². The molecule has 0 unspecified atom stereocenters. The first-order chi connectivity index (χ1) is 9.81. The Balaban J connectivity index is 0.000000641. The van der Waals surface area contributed by atoms with Crippen molar-refractivity contribution in [1.29, 1.82) is 0 Å². The summed E-state index contributed by atoms with van der Waals surface area (Å²) >= 11 is 0. The first kappa shape index (κ1) is 19.2. The molecule has 20 heavy (non-hydrogen) atoms. The fourth-order valence-corrected chi connectivity index (χ4v) is 2.92. The van der Waals surface area contributed by atoms with Gasteiger partial charge in [-0.1, -0.05) is 63.9 Å². The third kappa shape index (κ3) is 7.69. The van der Waals surface area contributed by atoms with E-state index >= 15 is 0 Å². The van der Waals surface area contributed by atoms with Crippen molar-refractivity contribution in [1.82, 2.24) is 5.32 Å². The number of nitrogens with one attached hydrogen (secondary N) is 1. The van der Waals surface area contributed by atoms with Gasteiger partial charge in [-0.25, -0.2) is 0 Å². The molecular formula is C19H35N. The van der Waals surface area contributed by atoms with E-state index in [1.165, 1.54) is 38.5 Å². The zero-order valence-corrected chi connectivity index (χ0v) is 14.3. The molecule has 1 aliphatic rings. The molecule has 0 radical (unpaired) electrons. The first-order valence-electron chi connectivity index (χ1n) is 8.45. The number of rotatable bonds is 3. The van der Waals surface area contributed by atoms with Gasteiger partial charge >= 0.3 is 0 Å². The summed E-state index contributed by atoms with van der Waals surface area (Å²) in [5.74, 6) is 1.87. The van der Waals surface area contributed by atoms with E-state index in [4.69, 9.17) is 0 Å². The minimum absolute atomic E-state index is 0.847. The summed E-state index contributed by atoms with van der Waals surface area (Å²) in [4.78, 5) is 0. The summed E-state index contributed by atoms with van der Waals surface area (Å²) in [7, 11) is 3.75. The standard InChI is InChI=1S/C15H22.C2H7N.C2H6/c1-2-6-13-9-11-15(12-10-13)14-7-4-3-5-8-14;1-3-2;1-2/h3-5,7-8,13,15H,2,6,9-12H2,1H3;3H,1-2H3;1-2H3. The van der Waals surface area contributed by atoms with Crippen LogP contribution in [-0.4, -0.2) is 14.1 Å². The normalized spacial score (nSPS) is 21.1. The van der Waals surface area contributed by atoms with Crippen LogP contribution in [0.1, 0.15) is 70.8 Å². The first-order valence-corrected chi connectivity index (χ1v) is 8.45. The molecule has 0 bridgehead atoms. The molecule has 2 rings (SSSR count). The van der Waals surface area contributed by atoms with E-state index in [-0.39, 0.29) is 0 Å². The van der Waals surface area contributed by atoms with Gasteiger partial charge in [0.25, 0.3) is 0 Å². The van der Waals surface area contributed by atoms with E-state index in [9.17, 15) is 0 Å². The summed E-state index contributed by atoms with van der Waals surface area (Å²) < 4.78 is 0. The van der Waals surface area contributed by atoms with Gasteiger partial charge in [0.05, 0.1) is 0 Å². The maximum atomic E-state index is 2.75. The molecule has 0 atom stereocenters. The molecule has 1 aromatic rings. The Hall–Kier alpha value is -0.820. The zero-order chi connectivity index (χ0) is 15.2. The Kier molecular flexibility index (Phi) is 12.6. The summed E-state index contributed by atoms with van der Waals surface area (Å²) in [6.07, 6.45) is 8.53. The highest BCUT2D eigenvalue weighted by atomic mass is 14.7. The van der Waals surface area contributed by atoms with Gasteiger partial charge < -0.3 is 5.32 Å². The molecule has 1 aliphatic carbocycles. The fourth-order valence-electron chi connectivity index (χ4n) is 2.92. The molecule has 1 fully saturated rings. The predicted octanol–water partition coefficient (Wildman–Crippen LogP) is 5.62. The van der Waals surface area contributed by atoms with Crippen LogP contribution in [0.25, 0.3) is 0 Å². The topological polar surface area (TPSA) is 12.0 Å². The van der Waals surface area contributed by atoms with Crippen LogP contribution < -0.4 is 5.32 Å². The van der Waals surface area contributed by atoms with Gasteiger partial charge in [-0.2, -0.15) is 0 Å². The van der Waals surface area contributed by atoms with E-state index in [0.29, 0.717) is 0 Å². The van der Waals surface area contributed by atoms with Gasteiger partial charge in [0.2, 0.25) is 0 Å². The van der Waals surface area contributed by atoms with Crippen molar-refractivity contribution in [2.24, 2.45) is 5.92 Å². The molecule has 1 aromatic carbocycles. The van der Waals surface area contributed by atoms with Crippen molar-refractivity contribution < 1.29 is 0 Å². The Morgan fingerprint density at radius 1 is 0.950 bits per heavy atom. The van der Waals surface area contributed by atoms with Crippen LogP contribution in [0.2, 0.25) is 0 Å². The Morgan fingerprint density at radius 2 is 1.45 bits per heavy atom. The van der Waals surface area contributed by atoms with Crippen LogP contribution in [0, 0.1) is 5.92 Å². The Labute approximate surface area is 127 Å². The third-order valence-electron chi connectivity index (χ3n) is 3.81. The molecule has 0 amide bonds. The molecular weight excluding hydrogens is 242 g/mol. The van der Waals surface area contributed by atoms with Crippen LogP contribution >= 0.6 is 0 Å². The summed E-state index contributed by atoms with van der Waals surface area (Å²) in [6.45, 7) is 6.31. The second-order valence-corrected chi connectivity index (χ2v) is 5.42. The molecule has 0 saturated heterocycles. The van der Waals surface area contributed by atoms with E-state index in [1.807, 2.05) is 27.9 Å². The van der Waals surface area contributed by atoms with Gasteiger partial charge in [-0.15, -0.1) is 0 Å². The average Bonchev–Trinajstić information content (AvgIpc) is 2.52. The largest absolute Gasteiger partial charge is 0.323 e. The van der Waals surface area contributed by atoms with Crippen LogP contribution in [0.15, 0.2) is 30.3 Å². The third-order valence-corrected chi connectivity index (χ3v) is 3.81. The molecule has 0 aliphatic heterocycles. The lowest BCUT2D eigenvalue weighted by Crippen LogP contribution is -2.13. The maximum Gasteiger partial charge on any atom is -0.0162 e. The van der Waals surface area contributed by atoms with Crippen molar-refractivity contribution in [3.63, 3.8) is 0 Å². The van der Waals surface area contributed by atoms with Gasteiger partial charge in [0, 0.05) is 0 Å². The smallest absolute Gasteiger partial charge is 0.0162 e. The lowest BCUT2D eigenvalue weighted by Gasteiger charge is -2.28. The van der Waals surface area contributed by atoms with Crippen molar-refractivity contribution in [2.75, 3.05) is 14.1 Å². The molecule has 1 nitrogen and oxygen atoms in total. The van der Waals surface area contributed by atoms with E-state index in [0.717, 1.165) is 11.8 Å². The average molecular weight is 277 g/mol. The van der Waals surface area contributed by atoms with Crippen LogP contribution in [-0.2, 0) is 0 Å². The summed E-state index contributed by atoms with van der Waals surface area (Å²) in [5.41, 5.74) is 1.56. The molecule has 0 heterocycles. The second kappa shape index (κ2) is 13.2. The fraction of sp³-hybridized carbons (Fsp3) is 0.684. The SMILES string of the molecule is CC.CCCC1CCC(c2ccccc2)CC1.CNC. The molecule has 1 N–H and O–H groups in total. The van der Waals surface area contributed by atoms with Crippen LogP contribution in [0.3, 0.4) is 0 Å². The molecule has 1 heteroatoms. The van der Waals surface area contributed by atoms with Crippen molar-refractivity contribution in [3.8, 4) is 0 Å². The summed E-state index contributed by atoms with van der Waals surface area (Å²) in [6, 6.07) is 11.1. The number of hydrogen-bond donors (Lipinski definition) is 1. The van der Waals surface area contributed by atoms with E-state index in [1.54, 1.807) is 5.56 Å². The van der Waals surface area contributed by atoms with Gasteiger partial charge in [-0.05, 0) is 57.2 Å². The van der Waals surface area contributed by atoms with Crippen molar-refractivity contribution in [3.05, 3.63) is 35.9 Å². The molecule has 116 valence electrons. The lowest BCUT2D eigenvalue weighted by molar-refractivity contribution is 0.308. The van der Waals surface area contributed by atoms with E-state index in [2.05, 4.69) is 42.6 Å². The quantitative estimate of drug-likeness (QED) is 0.756. The van der Waals surface area contributed by atoms with E-state index < -0.39 is 0 Å². The van der Waals surface area contributed by atoms with Gasteiger partial charge in [0.15, 0.2) is 0 Å². The lowest BCUT2D eigenvalue weighted by atomic mass is 9.77. The van der Waals surface area contributed by atoms with Gasteiger partial charge in [-0.3, -0.25) is 0 Å². The zero-order valence-electron chi connectivity index (χ0n) is 14.3. The second-order valence-electron chi connectivity index (χ2n) is 5.42. The van der Waals surface area contributed by atoms with Crippen molar-refractivity contribution >= 4 is 0 Å². The molecule has 1 saturated carbocycles. The van der Waals surface area contributed by atoms with Gasteiger partial charge in [0.1, 0.15) is 0 Å². The molecule has 0 aromatic heterocycles. The van der Waals surface area contributed by atoms with Crippen molar-refractivity contribution in [2.45, 2.75) is 65.2 Å². The highest BCUT2D eigenvalue weighted by molar-refractivity contribution is 5.19. The van der Waals surface area contributed by atoms with Crippen LogP contribution in [0.4, 0.5) is 0 Å². The number of hydrogen-bond acceptors (Lipinski definition) is 1. The number of benzene rings is 1. The summed E-state index contributed by atoms with van der Waals surface area (Å²) in [5, 5.41) is 2.75.